The summed E-state index contributed by atoms with van der Waals surface area (Å²) in [5, 5.41) is -0.925. The first-order valence-electron chi connectivity index (χ1n) is 3.58. The van der Waals surface area contributed by atoms with Gasteiger partial charge in [0.05, 0.1) is 0 Å². The molecular weight excluding hydrogens is 246 g/mol. The Morgan fingerprint density at radius 1 is 0.750 bits per heavy atom. The largest absolute Gasteiger partial charge is 0.473 e. The standard InChI is InChI=1S/C6H6F6N2O2/c1-13(3(15)5(7,8)9)14(2)4(16)6(10,11)12/h1-2H3. The highest BCUT2D eigenvalue weighted by molar-refractivity contribution is 5.87. The predicted octanol–water partition coefficient (Wildman–Crippen LogP) is 0.943. The zero-order chi connectivity index (χ0) is 13.3. The van der Waals surface area contributed by atoms with Crippen molar-refractivity contribution >= 4 is 11.8 Å². The summed E-state index contributed by atoms with van der Waals surface area (Å²) in [6.45, 7) is 0. The van der Waals surface area contributed by atoms with E-state index in [0.29, 0.717) is 14.1 Å². The van der Waals surface area contributed by atoms with E-state index in [9.17, 15) is 35.9 Å². The second-order valence-electron chi connectivity index (χ2n) is 2.65. The van der Waals surface area contributed by atoms with E-state index in [2.05, 4.69) is 0 Å². The molecule has 0 spiro atoms. The van der Waals surface area contributed by atoms with Gasteiger partial charge < -0.3 is 0 Å². The van der Waals surface area contributed by atoms with Crippen LogP contribution in [0.1, 0.15) is 0 Å². The predicted molar refractivity (Wildman–Crippen MR) is 37.7 cm³/mol. The lowest BCUT2D eigenvalue weighted by Crippen LogP contribution is -2.53. The first-order valence-corrected chi connectivity index (χ1v) is 3.58. The Hall–Kier alpha value is -1.48. The Morgan fingerprint density at radius 3 is 1.06 bits per heavy atom. The Kier molecular flexibility index (Phi) is 3.79. The number of halogens is 6. The Bertz CT molecular complexity index is 266. The van der Waals surface area contributed by atoms with Gasteiger partial charge in [-0.1, -0.05) is 0 Å². The molecule has 0 aliphatic heterocycles. The molecule has 0 aromatic carbocycles. The summed E-state index contributed by atoms with van der Waals surface area (Å²) in [6.07, 6.45) is -10.7. The molecule has 0 radical (unpaired) electrons. The maximum atomic E-state index is 11.8. The molecule has 0 atom stereocenters. The Balaban J connectivity index is 4.83. The third-order valence-electron chi connectivity index (χ3n) is 1.52. The van der Waals surface area contributed by atoms with E-state index < -0.39 is 34.2 Å². The monoisotopic (exact) mass is 252 g/mol. The average Bonchev–Trinajstić information content (AvgIpc) is 2.10. The molecule has 2 amide bonds. The molecule has 0 N–H and O–H groups in total. The van der Waals surface area contributed by atoms with Crippen LogP contribution >= 0.6 is 0 Å². The molecule has 0 heterocycles. The molecular formula is C6H6F6N2O2. The van der Waals surface area contributed by atoms with Crippen LogP contribution in [-0.2, 0) is 9.59 Å². The molecule has 0 bridgehead atoms. The van der Waals surface area contributed by atoms with Gasteiger partial charge in [-0.15, -0.1) is 0 Å². The zero-order valence-corrected chi connectivity index (χ0v) is 7.98. The number of hydrogen-bond acceptors (Lipinski definition) is 2. The van der Waals surface area contributed by atoms with Crippen molar-refractivity contribution in [2.45, 2.75) is 12.4 Å². The van der Waals surface area contributed by atoms with Crippen LogP contribution < -0.4 is 0 Å². The van der Waals surface area contributed by atoms with Gasteiger partial charge in [0.25, 0.3) is 0 Å². The summed E-state index contributed by atoms with van der Waals surface area (Å²) in [6, 6.07) is 0. The van der Waals surface area contributed by atoms with Gasteiger partial charge in [-0.25, -0.2) is 10.0 Å². The van der Waals surface area contributed by atoms with Gasteiger partial charge in [0, 0.05) is 14.1 Å². The quantitative estimate of drug-likeness (QED) is 0.475. The molecule has 0 saturated carbocycles. The van der Waals surface area contributed by atoms with Crippen molar-refractivity contribution in [3.8, 4) is 0 Å². The summed E-state index contributed by atoms with van der Waals surface area (Å²) in [5.41, 5.74) is 0. The SMILES string of the molecule is CN(C(=O)C(F)(F)F)N(C)C(=O)C(F)(F)F. The Labute approximate surface area is 85.4 Å². The van der Waals surface area contributed by atoms with E-state index >= 15 is 0 Å². The van der Waals surface area contributed by atoms with Crippen LogP contribution in [0, 0.1) is 0 Å². The number of nitrogens with zero attached hydrogens (tertiary/aromatic N) is 2. The lowest BCUT2D eigenvalue weighted by Gasteiger charge is -2.29. The van der Waals surface area contributed by atoms with Crippen LogP contribution in [0.2, 0.25) is 0 Å². The minimum Gasteiger partial charge on any atom is -0.262 e. The highest BCUT2D eigenvalue weighted by Crippen LogP contribution is 2.22. The number of alkyl halides is 6. The van der Waals surface area contributed by atoms with Crippen molar-refractivity contribution < 1.29 is 35.9 Å². The van der Waals surface area contributed by atoms with E-state index in [1.165, 1.54) is 0 Å². The van der Waals surface area contributed by atoms with Gasteiger partial charge in [-0.3, -0.25) is 9.59 Å². The summed E-state index contributed by atoms with van der Waals surface area (Å²) in [7, 11) is 0.804. The van der Waals surface area contributed by atoms with Crippen molar-refractivity contribution in [1.82, 2.24) is 10.0 Å². The molecule has 0 rings (SSSR count). The maximum Gasteiger partial charge on any atom is 0.473 e. The van der Waals surface area contributed by atoms with E-state index in [1.807, 2.05) is 0 Å². The number of carbonyl (C=O) groups excluding carboxylic acids is 2. The summed E-state index contributed by atoms with van der Waals surface area (Å²) in [4.78, 5) is 21.0. The summed E-state index contributed by atoms with van der Waals surface area (Å²) < 4.78 is 70.9. The van der Waals surface area contributed by atoms with Crippen molar-refractivity contribution in [2.24, 2.45) is 0 Å². The number of amides is 2. The third-order valence-corrected chi connectivity index (χ3v) is 1.52. The fraction of sp³-hybridized carbons (Fsp3) is 0.667. The maximum absolute atomic E-state index is 11.8. The second-order valence-corrected chi connectivity index (χ2v) is 2.65. The highest BCUT2D eigenvalue weighted by Gasteiger charge is 2.48. The minimum atomic E-state index is -5.35. The lowest BCUT2D eigenvalue weighted by atomic mass is 10.5. The van der Waals surface area contributed by atoms with Gasteiger partial charge in [0.2, 0.25) is 0 Å². The van der Waals surface area contributed by atoms with Crippen molar-refractivity contribution in [3.05, 3.63) is 0 Å². The zero-order valence-electron chi connectivity index (χ0n) is 7.98. The molecule has 0 aliphatic rings. The number of carbonyl (C=O) groups is 2. The van der Waals surface area contributed by atoms with Crippen LogP contribution in [0.15, 0.2) is 0 Å². The number of rotatable bonds is 0. The molecule has 0 saturated heterocycles. The molecule has 4 nitrogen and oxygen atoms in total. The first-order chi connectivity index (χ1) is 6.89. The van der Waals surface area contributed by atoms with Crippen LogP contribution in [-0.4, -0.2) is 48.3 Å². The van der Waals surface area contributed by atoms with Crippen LogP contribution in [0.3, 0.4) is 0 Å². The molecule has 0 fully saturated rings. The number of hydrazine groups is 1. The average molecular weight is 252 g/mol. The second kappa shape index (κ2) is 4.18. The van der Waals surface area contributed by atoms with Gasteiger partial charge in [0.1, 0.15) is 0 Å². The van der Waals surface area contributed by atoms with Crippen molar-refractivity contribution in [2.75, 3.05) is 14.1 Å². The third kappa shape index (κ3) is 3.28. The Morgan fingerprint density at radius 2 is 0.938 bits per heavy atom. The van der Waals surface area contributed by atoms with Crippen LogP contribution in [0.4, 0.5) is 26.3 Å². The normalized spacial score (nSPS) is 12.2. The molecule has 16 heavy (non-hydrogen) atoms. The van der Waals surface area contributed by atoms with E-state index in [1.54, 1.807) is 0 Å². The smallest absolute Gasteiger partial charge is 0.262 e. The minimum absolute atomic E-state index is 0.402. The van der Waals surface area contributed by atoms with Gasteiger partial charge in [-0.2, -0.15) is 26.3 Å². The lowest BCUT2D eigenvalue weighted by molar-refractivity contribution is -0.213. The van der Waals surface area contributed by atoms with Crippen molar-refractivity contribution in [1.29, 1.82) is 0 Å². The van der Waals surface area contributed by atoms with Crippen LogP contribution in [0.5, 0.6) is 0 Å². The topological polar surface area (TPSA) is 40.6 Å². The van der Waals surface area contributed by atoms with Gasteiger partial charge in [-0.05, 0) is 0 Å². The van der Waals surface area contributed by atoms with E-state index in [-0.39, 0.29) is 0 Å². The molecule has 94 valence electrons. The van der Waals surface area contributed by atoms with Gasteiger partial charge >= 0.3 is 24.2 Å². The molecule has 0 aromatic rings. The summed E-state index contributed by atoms with van der Waals surface area (Å²) >= 11 is 0. The molecule has 10 heteroatoms. The number of hydrogen-bond donors (Lipinski definition) is 0. The molecule has 0 aromatic heterocycles. The highest BCUT2D eigenvalue weighted by atomic mass is 19.4. The first kappa shape index (κ1) is 14.5. The fourth-order valence-corrected chi connectivity index (χ4v) is 0.639. The van der Waals surface area contributed by atoms with Gasteiger partial charge in [0.15, 0.2) is 0 Å². The van der Waals surface area contributed by atoms with E-state index in [0.717, 1.165) is 0 Å². The van der Waals surface area contributed by atoms with Crippen molar-refractivity contribution in [3.63, 3.8) is 0 Å². The fourth-order valence-electron chi connectivity index (χ4n) is 0.639. The summed E-state index contributed by atoms with van der Waals surface area (Å²) in [5.74, 6) is -5.15. The molecule has 0 aliphatic carbocycles. The van der Waals surface area contributed by atoms with Crippen LogP contribution in [0.25, 0.3) is 0 Å². The molecule has 0 unspecified atom stereocenters. The van der Waals surface area contributed by atoms with E-state index in [4.69, 9.17) is 0 Å².